The summed E-state index contributed by atoms with van der Waals surface area (Å²) in [5, 5.41) is 7.71. The molecule has 4 heteroatoms. The van der Waals surface area contributed by atoms with Crippen molar-refractivity contribution >= 4 is 11.6 Å². The first-order chi connectivity index (χ1) is 8.81. The molecule has 4 nitrogen and oxygen atoms in total. The largest absolute Gasteiger partial charge is 0.353 e. The zero-order valence-electron chi connectivity index (χ0n) is 10.7. The van der Waals surface area contributed by atoms with Gasteiger partial charge in [-0.1, -0.05) is 17.7 Å². The molecule has 0 saturated heterocycles. The minimum atomic E-state index is 0.721. The summed E-state index contributed by atoms with van der Waals surface area (Å²) in [7, 11) is 0. The van der Waals surface area contributed by atoms with Crippen molar-refractivity contribution in [2.45, 2.75) is 32.6 Å². The number of pyridine rings is 1. The number of hydrogen-bond acceptors (Lipinski definition) is 3. The molecule has 3 rings (SSSR count). The Morgan fingerprint density at radius 3 is 3.17 bits per heavy atom. The van der Waals surface area contributed by atoms with Gasteiger partial charge in [-0.15, -0.1) is 5.10 Å². The summed E-state index contributed by atoms with van der Waals surface area (Å²) in [6.45, 7) is 2.97. The smallest absolute Gasteiger partial charge is 0.243 e. The van der Waals surface area contributed by atoms with Gasteiger partial charge in [0.15, 0.2) is 5.65 Å². The van der Waals surface area contributed by atoms with Gasteiger partial charge in [0.05, 0.1) is 0 Å². The van der Waals surface area contributed by atoms with Crippen LogP contribution in [-0.2, 0) is 0 Å². The predicted octanol–water partition coefficient (Wildman–Crippen LogP) is 2.95. The molecular weight excluding hydrogens is 224 g/mol. The van der Waals surface area contributed by atoms with Gasteiger partial charge in [-0.05, 0) is 44.2 Å². The molecule has 2 aromatic heterocycles. The first-order valence-corrected chi connectivity index (χ1v) is 6.56. The maximum Gasteiger partial charge on any atom is 0.243 e. The summed E-state index contributed by atoms with van der Waals surface area (Å²) < 4.78 is 1.83. The number of allylic oxidation sites excluding steroid dienone is 1. The van der Waals surface area contributed by atoms with Gasteiger partial charge < -0.3 is 5.32 Å². The van der Waals surface area contributed by atoms with Crippen LogP contribution in [0.2, 0.25) is 0 Å². The highest BCUT2D eigenvalue weighted by Crippen LogP contribution is 2.20. The van der Waals surface area contributed by atoms with E-state index in [-0.39, 0.29) is 0 Å². The number of nitrogens with one attached hydrogen (secondary N) is 1. The lowest BCUT2D eigenvalue weighted by atomic mass is 10.2. The number of hydrogen-bond donors (Lipinski definition) is 1. The molecule has 0 saturated carbocycles. The van der Waals surface area contributed by atoms with Gasteiger partial charge in [0.1, 0.15) is 0 Å². The standard InChI is InChI=1S/C14H18N4/c1-11-6-7-13-16-14(17-18(13)10-11)15-9-8-12-4-2-3-5-12/h4,6-7,10H,2-3,5,8-9H2,1H3,(H,15,17). The van der Waals surface area contributed by atoms with Crippen molar-refractivity contribution in [2.24, 2.45) is 0 Å². The Hall–Kier alpha value is -1.84. The Morgan fingerprint density at radius 1 is 1.39 bits per heavy atom. The second kappa shape index (κ2) is 4.80. The Morgan fingerprint density at radius 2 is 2.33 bits per heavy atom. The molecule has 0 aliphatic heterocycles. The molecule has 0 amide bonds. The zero-order chi connectivity index (χ0) is 12.4. The SMILES string of the molecule is Cc1ccc2nc(NCCC3=CCCC3)nn2c1. The fourth-order valence-corrected chi connectivity index (χ4v) is 2.36. The summed E-state index contributed by atoms with van der Waals surface area (Å²) in [5.74, 6) is 0.721. The Labute approximate surface area is 107 Å². The van der Waals surface area contributed by atoms with Gasteiger partial charge >= 0.3 is 0 Å². The van der Waals surface area contributed by atoms with E-state index in [9.17, 15) is 0 Å². The second-order valence-electron chi connectivity index (χ2n) is 4.88. The third-order valence-electron chi connectivity index (χ3n) is 3.34. The molecule has 0 radical (unpaired) electrons. The van der Waals surface area contributed by atoms with Crippen LogP contribution >= 0.6 is 0 Å². The molecule has 0 unspecified atom stereocenters. The van der Waals surface area contributed by atoms with Crippen LogP contribution in [0.1, 0.15) is 31.2 Å². The van der Waals surface area contributed by atoms with Gasteiger partial charge in [-0.2, -0.15) is 4.98 Å². The van der Waals surface area contributed by atoms with Crippen LogP contribution in [0.4, 0.5) is 5.95 Å². The quantitative estimate of drug-likeness (QED) is 0.838. The highest BCUT2D eigenvalue weighted by molar-refractivity contribution is 5.44. The van der Waals surface area contributed by atoms with E-state index in [0.29, 0.717) is 0 Å². The fourth-order valence-electron chi connectivity index (χ4n) is 2.36. The average Bonchev–Trinajstić information content (AvgIpc) is 2.97. The van der Waals surface area contributed by atoms with Crippen LogP contribution in [0.25, 0.3) is 5.65 Å². The predicted molar refractivity (Wildman–Crippen MR) is 72.8 cm³/mol. The first-order valence-electron chi connectivity index (χ1n) is 6.56. The second-order valence-corrected chi connectivity index (χ2v) is 4.88. The molecule has 1 N–H and O–H groups in total. The number of nitrogens with zero attached hydrogens (tertiary/aromatic N) is 3. The lowest BCUT2D eigenvalue weighted by Gasteiger charge is -2.02. The lowest BCUT2D eigenvalue weighted by Crippen LogP contribution is -2.03. The molecule has 0 spiro atoms. The third kappa shape index (κ3) is 2.37. The molecule has 1 aliphatic carbocycles. The molecular formula is C14H18N4. The van der Waals surface area contributed by atoms with Crippen LogP contribution in [0.3, 0.4) is 0 Å². The summed E-state index contributed by atoms with van der Waals surface area (Å²) in [4.78, 5) is 4.44. The Kier molecular flexibility index (Phi) is 3.00. The van der Waals surface area contributed by atoms with E-state index in [2.05, 4.69) is 34.5 Å². The first kappa shape index (κ1) is 11.3. The van der Waals surface area contributed by atoms with E-state index >= 15 is 0 Å². The summed E-state index contributed by atoms with van der Waals surface area (Å²) in [6, 6.07) is 4.05. The number of aromatic nitrogens is 3. The normalized spacial score (nSPS) is 15.1. The molecule has 18 heavy (non-hydrogen) atoms. The number of anilines is 1. The molecule has 0 fully saturated rings. The number of rotatable bonds is 4. The summed E-state index contributed by atoms with van der Waals surface area (Å²) in [5.41, 5.74) is 3.65. The van der Waals surface area contributed by atoms with E-state index in [1.807, 2.05) is 16.8 Å². The number of aryl methyl sites for hydroxylation is 1. The van der Waals surface area contributed by atoms with E-state index in [1.165, 1.54) is 24.8 Å². The lowest BCUT2D eigenvalue weighted by molar-refractivity contribution is 0.857. The zero-order valence-corrected chi connectivity index (χ0v) is 10.7. The van der Waals surface area contributed by atoms with Gasteiger partial charge in [0.25, 0.3) is 0 Å². The minimum absolute atomic E-state index is 0.721. The van der Waals surface area contributed by atoms with Gasteiger partial charge in [0.2, 0.25) is 5.95 Å². The van der Waals surface area contributed by atoms with Crippen LogP contribution < -0.4 is 5.32 Å². The summed E-state index contributed by atoms with van der Waals surface area (Å²) >= 11 is 0. The van der Waals surface area contributed by atoms with E-state index in [0.717, 1.165) is 24.6 Å². The average molecular weight is 242 g/mol. The van der Waals surface area contributed by atoms with Crippen LogP contribution in [0, 0.1) is 6.92 Å². The van der Waals surface area contributed by atoms with E-state index in [4.69, 9.17) is 0 Å². The van der Waals surface area contributed by atoms with E-state index < -0.39 is 0 Å². The van der Waals surface area contributed by atoms with Gasteiger partial charge in [-0.3, -0.25) is 0 Å². The monoisotopic (exact) mass is 242 g/mol. The van der Waals surface area contributed by atoms with Crippen molar-refractivity contribution in [1.82, 2.24) is 14.6 Å². The van der Waals surface area contributed by atoms with Crippen LogP contribution in [0.5, 0.6) is 0 Å². The van der Waals surface area contributed by atoms with Gasteiger partial charge in [-0.25, -0.2) is 4.52 Å². The third-order valence-corrected chi connectivity index (χ3v) is 3.34. The van der Waals surface area contributed by atoms with Crippen LogP contribution in [-0.4, -0.2) is 21.1 Å². The molecule has 0 bridgehead atoms. The van der Waals surface area contributed by atoms with Crippen molar-refractivity contribution in [3.63, 3.8) is 0 Å². The molecule has 0 aromatic carbocycles. The van der Waals surface area contributed by atoms with Crippen molar-refractivity contribution in [3.05, 3.63) is 35.5 Å². The van der Waals surface area contributed by atoms with Crippen molar-refractivity contribution in [3.8, 4) is 0 Å². The fraction of sp³-hybridized carbons (Fsp3) is 0.429. The van der Waals surface area contributed by atoms with Crippen LogP contribution in [0.15, 0.2) is 30.0 Å². The molecule has 2 aromatic rings. The van der Waals surface area contributed by atoms with Crippen molar-refractivity contribution < 1.29 is 0 Å². The highest BCUT2D eigenvalue weighted by atomic mass is 15.3. The highest BCUT2D eigenvalue weighted by Gasteiger charge is 2.06. The molecule has 94 valence electrons. The molecule has 0 atom stereocenters. The Bertz CT molecular complexity index is 582. The number of fused-ring (bicyclic) bond motifs is 1. The summed E-state index contributed by atoms with van der Waals surface area (Å²) in [6.07, 6.45) is 9.30. The van der Waals surface area contributed by atoms with Gasteiger partial charge in [0, 0.05) is 12.7 Å². The topological polar surface area (TPSA) is 42.2 Å². The molecule has 2 heterocycles. The minimum Gasteiger partial charge on any atom is -0.353 e. The Balaban J connectivity index is 1.63. The maximum atomic E-state index is 4.44. The van der Waals surface area contributed by atoms with Crippen molar-refractivity contribution in [2.75, 3.05) is 11.9 Å². The molecule has 1 aliphatic rings. The maximum absolute atomic E-state index is 4.44. The van der Waals surface area contributed by atoms with E-state index in [1.54, 1.807) is 5.57 Å². The van der Waals surface area contributed by atoms with Crippen molar-refractivity contribution in [1.29, 1.82) is 0 Å².